The molecule has 2 aromatic heterocycles. The van der Waals surface area contributed by atoms with E-state index in [1.807, 2.05) is 0 Å². The molecule has 0 bridgehead atoms. The Morgan fingerprint density at radius 2 is 2.19 bits per heavy atom. The number of aromatic nitrogens is 2. The Bertz CT molecular complexity index is 662. The van der Waals surface area contributed by atoms with E-state index in [-0.39, 0.29) is 23.4 Å². The van der Waals surface area contributed by atoms with E-state index in [0.29, 0.717) is 24.7 Å². The van der Waals surface area contributed by atoms with Crippen LogP contribution in [0.15, 0.2) is 35.0 Å². The van der Waals surface area contributed by atoms with Crippen LogP contribution in [0.5, 0.6) is 0 Å². The van der Waals surface area contributed by atoms with E-state index in [9.17, 15) is 9.59 Å². The highest BCUT2D eigenvalue weighted by atomic mass is 16.5. The van der Waals surface area contributed by atoms with Crippen LogP contribution in [0.3, 0.4) is 0 Å². The molecule has 7 nitrogen and oxygen atoms in total. The van der Waals surface area contributed by atoms with Crippen LogP contribution in [0, 0.1) is 12.8 Å². The van der Waals surface area contributed by atoms with Gasteiger partial charge in [-0.15, -0.1) is 0 Å². The number of hydrogen-bond acceptors (Lipinski definition) is 5. The molecule has 3 heterocycles. The zero-order valence-corrected chi connectivity index (χ0v) is 11.4. The first-order valence-electron chi connectivity index (χ1n) is 6.58. The SMILES string of the molecule is Cc1cc(C(=O)N2CC(C(=O)Nc3ccccn3)C2)no1. The second kappa shape index (κ2) is 5.35. The topological polar surface area (TPSA) is 88.3 Å². The number of nitrogens with zero attached hydrogens (tertiary/aromatic N) is 3. The molecule has 1 aliphatic rings. The molecule has 1 N–H and O–H groups in total. The van der Waals surface area contributed by atoms with Crippen molar-refractivity contribution in [2.75, 3.05) is 18.4 Å². The van der Waals surface area contributed by atoms with Crippen LogP contribution >= 0.6 is 0 Å². The zero-order valence-electron chi connectivity index (χ0n) is 11.4. The summed E-state index contributed by atoms with van der Waals surface area (Å²) in [5.41, 5.74) is 0.274. The van der Waals surface area contributed by atoms with Crippen LogP contribution in [0.25, 0.3) is 0 Å². The van der Waals surface area contributed by atoms with Crippen molar-refractivity contribution in [2.24, 2.45) is 5.92 Å². The van der Waals surface area contributed by atoms with E-state index in [1.54, 1.807) is 42.3 Å². The van der Waals surface area contributed by atoms with Crippen LogP contribution in [0.2, 0.25) is 0 Å². The smallest absolute Gasteiger partial charge is 0.276 e. The Balaban J connectivity index is 1.53. The average molecular weight is 286 g/mol. The van der Waals surface area contributed by atoms with Gasteiger partial charge in [-0.25, -0.2) is 4.98 Å². The van der Waals surface area contributed by atoms with Gasteiger partial charge in [0.05, 0.1) is 5.92 Å². The minimum absolute atomic E-state index is 0.130. The first-order valence-corrected chi connectivity index (χ1v) is 6.58. The number of amides is 2. The van der Waals surface area contributed by atoms with Crippen LogP contribution in [0.4, 0.5) is 5.82 Å². The molecule has 0 atom stereocenters. The maximum atomic E-state index is 12.0. The van der Waals surface area contributed by atoms with Crippen molar-refractivity contribution in [1.82, 2.24) is 15.0 Å². The second-order valence-corrected chi connectivity index (χ2v) is 4.93. The minimum Gasteiger partial charge on any atom is -0.361 e. The van der Waals surface area contributed by atoms with Gasteiger partial charge in [0.1, 0.15) is 11.6 Å². The summed E-state index contributed by atoms with van der Waals surface area (Å²) >= 11 is 0. The molecule has 1 fully saturated rings. The third-order valence-corrected chi connectivity index (χ3v) is 3.30. The summed E-state index contributed by atoms with van der Waals surface area (Å²) in [6.45, 7) is 2.48. The van der Waals surface area contributed by atoms with Gasteiger partial charge in [-0.1, -0.05) is 11.2 Å². The van der Waals surface area contributed by atoms with Crippen molar-refractivity contribution in [3.8, 4) is 0 Å². The quantitative estimate of drug-likeness (QED) is 0.912. The predicted octanol–water partition coefficient (Wildman–Crippen LogP) is 1.09. The fourth-order valence-electron chi connectivity index (χ4n) is 2.10. The van der Waals surface area contributed by atoms with Crippen LogP contribution in [0.1, 0.15) is 16.2 Å². The number of carbonyl (C=O) groups is 2. The standard InChI is InChI=1S/C14H14N4O3/c1-9-6-11(17-21-9)14(20)18-7-10(8-18)13(19)16-12-4-2-3-5-15-12/h2-6,10H,7-8H2,1H3,(H,15,16,19). The molecular formula is C14H14N4O3. The molecule has 7 heteroatoms. The van der Waals surface area contributed by atoms with Crippen LogP contribution < -0.4 is 5.32 Å². The van der Waals surface area contributed by atoms with E-state index in [4.69, 9.17) is 4.52 Å². The number of rotatable bonds is 3. The highest BCUT2D eigenvalue weighted by Crippen LogP contribution is 2.20. The first kappa shape index (κ1) is 13.3. The van der Waals surface area contributed by atoms with Gasteiger partial charge in [-0.2, -0.15) is 0 Å². The summed E-state index contributed by atoms with van der Waals surface area (Å²) in [6, 6.07) is 6.88. The average Bonchev–Trinajstić information content (AvgIpc) is 2.85. The monoisotopic (exact) mass is 286 g/mol. The van der Waals surface area contributed by atoms with Gasteiger partial charge < -0.3 is 14.7 Å². The zero-order chi connectivity index (χ0) is 14.8. The lowest BCUT2D eigenvalue weighted by molar-refractivity contribution is -0.123. The van der Waals surface area contributed by atoms with E-state index < -0.39 is 0 Å². The van der Waals surface area contributed by atoms with Crippen molar-refractivity contribution < 1.29 is 14.1 Å². The van der Waals surface area contributed by atoms with Crippen molar-refractivity contribution in [2.45, 2.75) is 6.92 Å². The molecule has 0 radical (unpaired) electrons. The minimum atomic E-state index is -0.219. The highest BCUT2D eigenvalue weighted by Gasteiger charge is 2.37. The second-order valence-electron chi connectivity index (χ2n) is 4.93. The lowest BCUT2D eigenvalue weighted by Gasteiger charge is -2.37. The largest absolute Gasteiger partial charge is 0.361 e. The third kappa shape index (κ3) is 2.76. The molecule has 0 saturated carbocycles. The van der Waals surface area contributed by atoms with Crippen molar-refractivity contribution in [3.63, 3.8) is 0 Å². The Morgan fingerprint density at radius 1 is 1.38 bits per heavy atom. The molecule has 3 rings (SSSR count). The maximum Gasteiger partial charge on any atom is 0.276 e. The molecule has 1 aliphatic heterocycles. The molecule has 108 valence electrons. The molecule has 2 aromatic rings. The van der Waals surface area contributed by atoms with Gasteiger partial charge in [0.15, 0.2) is 5.69 Å². The normalized spacial score (nSPS) is 14.6. The number of nitrogens with one attached hydrogen (secondary N) is 1. The number of pyridine rings is 1. The number of hydrogen-bond donors (Lipinski definition) is 1. The Kier molecular flexibility index (Phi) is 3.39. The van der Waals surface area contributed by atoms with Crippen LogP contribution in [-0.2, 0) is 4.79 Å². The number of carbonyl (C=O) groups excluding carboxylic acids is 2. The molecular weight excluding hydrogens is 272 g/mol. The Hall–Kier alpha value is -2.70. The summed E-state index contributed by atoms with van der Waals surface area (Å²) in [7, 11) is 0. The summed E-state index contributed by atoms with van der Waals surface area (Å²) < 4.78 is 4.87. The van der Waals surface area contributed by atoms with Crippen molar-refractivity contribution in [1.29, 1.82) is 0 Å². The van der Waals surface area contributed by atoms with E-state index >= 15 is 0 Å². The fourth-order valence-corrected chi connectivity index (χ4v) is 2.10. The van der Waals surface area contributed by atoms with E-state index in [1.165, 1.54) is 0 Å². The van der Waals surface area contributed by atoms with Crippen molar-refractivity contribution >= 4 is 17.6 Å². The summed E-state index contributed by atoms with van der Waals surface area (Å²) in [5.74, 6) is 0.537. The van der Waals surface area contributed by atoms with E-state index in [0.717, 1.165) is 0 Å². The van der Waals surface area contributed by atoms with Crippen LogP contribution in [-0.4, -0.2) is 39.9 Å². The molecule has 21 heavy (non-hydrogen) atoms. The van der Waals surface area contributed by atoms with E-state index in [2.05, 4.69) is 15.5 Å². The maximum absolute atomic E-state index is 12.0. The van der Waals surface area contributed by atoms with Gasteiger partial charge in [-0.3, -0.25) is 9.59 Å². The molecule has 2 amide bonds. The molecule has 1 saturated heterocycles. The number of likely N-dealkylation sites (tertiary alicyclic amines) is 1. The summed E-state index contributed by atoms with van der Waals surface area (Å²) in [4.78, 5) is 29.6. The Labute approximate surface area is 120 Å². The molecule has 0 aromatic carbocycles. The first-order chi connectivity index (χ1) is 10.1. The number of anilines is 1. The third-order valence-electron chi connectivity index (χ3n) is 3.30. The molecule has 0 aliphatic carbocycles. The van der Waals surface area contributed by atoms with Gasteiger partial charge in [0.2, 0.25) is 5.91 Å². The Morgan fingerprint density at radius 3 is 2.81 bits per heavy atom. The van der Waals surface area contributed by atoms with Gasteiger partial charge >= 0.3 is 0 Å². The lowest BCUT2D eigenvalue weighted by atomic mass is 9.98. The summed E-state index contributed by atoms with van der Waals surface area (Å²) in [5, 5.41) is 6.40. The highest BCUT2D eigenvalue weighted by molar-refractivity contribution is 5.97. The lowest BCUT2D eigenvalue weighted by Crippen LogP contribution is -2.54. The predicted molar refractivity (Wildman–Crippen MR) is 73.5 cm³/mol. The van der Waals surface area contributed by atoms with Gasteiger partial charge in [-0.05, 0) is 19.1 Å². The van der Waals surface area contributed by atoms with Gasteiger partial charge in [0.25, 0.3) is 5.91 Å². The van der Waals surface area contributed by atoms with Gasteiger partial charge in [0, 0.05) is 25.4 Å². The van der Waals surface area contributed by atoms with Crippen molar-refractivity contribution in [3.05, 3.63) is 41.9 Å². The summed E-state index contributed by atoms with van der Waals surface area (Å²) in [6.07, 6.45) is 1.61. The molecule has 0 spiro atoms. The molecule has 0 unspecified atom stereocenters. The number of aryl methyl sites for hydroxylation is 1. The fraction of sp³-hybridized carbons (Fsp3) is 0.286.